The third-order valence-corrected chi connectivity index (χ3v) is 5.55. The molecule has 3 aromatic rings. The Balaban J connectivity index is 1.43. The summed E-state index contributed by atoms with van der Waals surface area (Å²) in [4.78, 5) is 23.4. The van der Waals surface area contributed by atoms with E-state index >= 15 is 0 Å². The highest BCUT2D eigenvalue weighted by Gasteiger charge is 2.30. The van der Waals surface area contributed by atoms with Crippen LogP contribution in [0.1, 0.15) is 25.6 Å². The van der Waals surface area contributed by atoms with Crippen molar-refractivity contribution in [1.82, 2.24) is 24.6 Å². The zero-order valence-electron chi connectivity index (χ0n) is 17.2. The third kappa shape index (κ3) is 4.87. The van der Waals surface area contributed by atoms with Crippen LogP contribution in [0, 0.1) is 5.92 Å². The summed E-state index contributed by atoms with van der Waals surface area (Å²) in [5.41, 5.74) is 2.79. The van der Waals surface area contributed by atoms with Crippen LogP contribution >= 0.6 is 0 Å². The number of benzene rings is 1. The predicted octanol–water partition coefficient (Wildman–Crippen LogP) is 3.51. The van der Waals surface area contributed by atoms with E-state index in [-0.39, 0.29) is 24.7 Å². The average molecular weight is 413 g/mol. The number of ketones is 1. The highest BCUT2D eigenvalue weighted by molar-refractivity contribution is 5.85. The zero-order chi connectivity index (χ0) is 21.3. The number of hydrogen-bond donors (Lipinski definition) is 0. The molecule has 3 heterocycles. The molecule has 2 aromatic heterocycles. The molecule has 1 aromatic carbocycles. The SMILES string of the molecule is Cn1cc(-c2ccc3cnc(CC(=O)C4CCN(CC(C)(F)F)CC4)nc3c2)cn1. The second kappa shape index (κ2) is 8.18. The zero-order valence-corrected chi connectivity index (χ0v) is 17.2. The molecule has 8 heteroatoms. The van der Waals surface area contributed by atoms with Gasteiger partial charge in [-0.1, -0.05) is 12.1 Å². The number of fused-ring (bicyclic) bond motifs is 1. The molecule has 0 radical (unpaired) electrons. The Hall–Kier alpha value is -2.74. The predicted molar refractivity (Wildman–Crippen MR) is 110 cm³/mol. The lowest BCUT2D eigenvalue weighted by molar-refractivity contribution is -0.124. The van der Waals surface area contributed by atoms with E-state index in [0.717, 1.165) is 29.0 Å². The number of piperidine rings is 1. The van der Waals surface area contributed by atoms with Crippen molar-refractivity contribution >= 4 is 16.7 Å². The Morgan fingerprint density at radius 2 is 1.97 bits per heavy atom. The van der Waals surface area contributed by atoms with Gasteiger partial charge in [-0.2, -0.15) is 5.10 Å². The molecule has 4 rings (SSSR count). The molecule has 30 heavy (non-hydrogen) atoms. The van der Waals surface area contributed by atoms with Crippen LogP contribution in [0.4, 0.5) is 8.78 Å². The van der Waals surface area contributed by atoms with Gasteiger partial charge in [-0.05, 0) is 37.6 Å². The summed E-state index contributed by atoms with van der Waals surface area (Å²) in [5.74, 6) is -2.24. The van der Waals surface area contributed by atoms with Gasteiger partial charge in [0.15, 0.2) is 0 Å². The fourth-order valence-electron chi connectivity index (χ4n) is 4.00. The molecule has 0 spiro atoms. The van der Waals surface area contributed by atoms with E-state index in [9.17, 15) is 13.6 Å². The second-order valence-electron chi connectivity index (χ2n) is 8.23. The van der Waals surface area contributed by atoms with Crippen LogP contribution in [0.25, 0.3) is 22.0 Å². The summed E-state index contributed by atoms with van der Waals surface area (Å²) in [6, 6.07) is 5.94. The normalized spacial score (nSPS) is 16.3. The molecular formula is C22H25F2N5O. The van der Waals surface area contributed by atoms with E-state index in [0.29, 0.717) is 31.8 Å². The number of likely N-dealkylation sites (tertiary alicyclic amines) is 1. The molecule has 1 saturated heterocycles. The van der Waals surface area contributed by atoms with Gasteiger partial charge in [-0.3, -0.25) is 14.4 Å². The Morgan fingerprint density at radius 1 is 1.20 bits per heavy atom. The monoisotopic (exact) mass is 413 g/mol. The molecule has 0 aliphatic carbocycles. The number of carbonyl (C=O) groups excluding carboxylic acids is 1. The first-order valence-corrected chi connectivity index (χ1v) is 10.1. The highest BCUT2D eigenvalue weighted by Crippen LogP contribution is 2.25. The van der Waals surface area contributed by atoms with Crippen LogP contribution in [0.3, 0.4) is 0 Å². The quantitative estimate of drug-likeness (QED) is 0.619. The standard InChI is InChI=1S/C22H25F2N5O/c1-22(23,24)14-29-7-5-15(6-8-29)20(30)10-21-25-11-17-4-3-16(9-19(17)27-21)18-12-26-28(2)13-18/h3-4,9,11-13,15H,5-8,10,14H2,1-2H3. The van der Waals surface area contributed by atoms with Gasteiger partial charge in [0.1, 0.15) is 11.6 Å². The number of Topliss-reactive ketones (excluding diaryl/α,β-unsaturated/α-hetero) is 1. The van der Waals surface area contributed by atoms with Crippen molar-refractivity contribution in [2.45, 2.75) is 32.1 Å². The number of halogens is 2. The van der Waals surface area contributed by atoms with Crippen LogP contribution in [-0.4, -0.2) is 56.0 Å². The number of carbonyl (C=O) groups is 1. The van der Waals surface area contributed by atoms with E-state index in [1.807, 2.05) is 31.4 Å². The molecule has 0 saturated carbocycles. The summed E-state index contributed by atoms with van der Waals surface area (Å²) < 4.78 is 28.1. The van der Waals surface area contributed by atoms with Gasteiger partial charge in [0.05, 0.1) is 24.7 Å². The van der Waals surface area contributed by atoms with Crippen LogP contribution < -0.4 is 0 Å². The minimum absolute atomic E-state index is 0.0840. The molecule has 1 aliphatic heterocycles. The lowest BCUT2D eigenvalue weighted by Gasteiger charge is -2.32. The summed E-state index contributed by atoms with van der Waals surface area (Å²) in [6.45, 7) is 1.72. The second-order valence-corrected chi connectivity index (χ2v) is 8.23. The van der Waals surface area contributed by atoms with Crippen LogP contribution in [0.5, 0.6) is 0 Å². The minimum Gasteiger partial charge on any atom is -0.299 e. The maximum Gasteiger partial charge on any atom is 0.257 e. The topological polar surface area (TPSA) is 63.9 Å². The number of aryl methyl sites for hydroxylation is 1. The smallest absolute Gasteiger partial charge is 0.257 e. The average Bonchev–Trinajstić information content (AvgIpc) is 3.13. The first-order valence-electron chi connectivity index (χ1n) is 10.1. The first-order chi connectivity index (χ1) is 14.3. The summed E-state index contributed by atoms with van der Waals surface area (Å²) in [6.07, 6.45) is 6.86. The number of hydrogen-bond acceptors (Lipinski definition) is 5. The van der Waals surface area contributed by atoms with Gasteiger partial charge in [-0.15, -0.1) is 0 Å². The third-order valence-electron chi connectivity index (χ3n) is 5.55. The fraction of sp³-hybridized carbons (Fsp3) is 0.455. The maximum atomic E-state index is 13.2. The van der Waals surface area contributed by atoms with Crippen molar-refractivity contribution in [3.63, 3.8) is 0 Å². The molecular weight excluding hydrogens is 388 g/mol. The Kier molecular flexibility index (Phi) is 5.60. The van der Waals surface area contributed by atoms with Crippen molar-refractivity contribution in [3.05, 3.63) is 42.6 Å². The molecule has 158 valence electrons. The summed E-state index contributed by atoms with van der Waals surface area (Å²) >= 11 is 0. The van der Waals surface area contributed by atoms with Crippen LogP contribution in [0.15, 0.2) is 36.8 Å². The van der Waals surface area contributed by atoms with Gasteiger partial charge < -0.3 is 0 Å². The Bertz CT molecular complexity index is 1050. The van der Waals surface area contributed by atoms with E-state index < -0.39 is 5.92 Å². The van der Waals surface area contributed by atoms with Crippen molar-refractivity contribution in [2.75, 3.05) is 19.6 Å². The van der Waals surface area contributed by atoms with Crippen LogP contribution in [-0.2, 0) is 18.3 Å². The van der Waals surface area contributed by atoms with Gasteiger partial charge in [0.2, 0.25) is 0 Å². The van der Waals surface area contributed by atoms with E-state index in [1.54, 1.807) is 22.0 Å². The number of alkyl halides is 2. The first kappa shape index (κ1) is 20.5. The van der Waals surface area contributed by atoms with Gasteiger partial charge in [-0.25, -0.2) is 18.7 Å². The molecule has 0 atom stereocenters. The molecule has 0 amide bonds. The lowest BCUT2D eigenvalue weighted by Crippen LogP contribution is -2.42. The van der Waals surface area contributed by atoms with Crippen molar-refractivity contribution in [3.8, 4) is 11.1 Å². The maximum absolute atomic E-state index is 13.2. The van der Waals surface area contributed by atoms with E-state index in [4.69, 9.17) is 0 Å². The van der Waals surface area contributed by atoms with Gasteiger partial charge >= 0.3 is 0 Å². The summed E-state index contributed by atoms with van der Waals surface area (Å²) in [7, 11) is 1.87. The fourth-order valence-corrected chi connectivity index (χ4v) is 4.00. The van der Waals surface area contributed by atoms with Crippen LogP contribution in [0.2, 0.25) is 0 Å². The van der Waals surface area contributed by atoms with E-state index in [1.165, 1.54) is 0 Å². The Labute approximate surface area is 173 Å². The van der Waals surface area contributed by atoms with Crippen molar-refractivity contribution in [2.24, 2.45) is 13.0 Å². The minimum atomic E-state index is -2.70. The van der Waals surface area contributed by atoms with Gasteiger partial charge in [0, 0.05) is 43.2 Å². The lowest BCUT2D eigenvalue weighted by atomic mass is 9.90. The molecule has 1 aliphatic rings. The molecule has 0 N–H and O–H groups in total. The van der Waals surface area contributed by atoms with Crippen molar-refractivity contribution < 1.29 is 13.6 Å². The molecule has 1 fully saturated rings. The number of rotatable bonds is 6. The summed E-state index contributed by atoms with van der Waals surface area (Å²) in [5, 5.41) is 5.11. The highest BCUT2D eigenvalue weighted by atomic mass is 19.3. The molecule has 0 bridgehead atoms. The van der Waals surface area contributed by atoms with Crippen molar-refractivity contribution in [1.29, 1.82) is 0 Å². The largest absolute Gasteiger partial charge is 0.299 e. The molecule has 6 nitrogen and oxygen atoms in total. The molecule has 0 unspecified atom stereocenters. The Morgan fingerprint density at radius 3 is 2.63 bits per heavy atom. The van der Waals surface area contributed by atoms with E-state index in [2.05, 4.69) is 15.1 Å². The number of aromatic nitrogens is 4. The van der Waals surface area contributed by atoms with Gasteiger partial charge in [0.25, 0.3) is 5.92 Å². The number of nitrogens with zero attached hydrogens (tertiary/aromatic N) is 5.